The first-order valence-corrected chi connectivity index (χ1v) is 9.57. The third kappa shape index (κ3) is 6.51. The fourth-order valence-corrected chi connectivity index (χ4v) is 3.51. The molecule has 0 radical (unpaired) electrons. The van der Waals surface area contributed by atoms with E-state index in [2.05, 4.69) is 10.3 Å². The van der Waals surface area contributed by atoms with Gasteiger partial charge in [0.15, 0.2) is 0 Å². The summed E-state index contributed by atoms with van der Waals surface area (Å²) >= 11 is 12.1. The monoisotopic (exact) mass is 427 g/mol. The molecule has 9 heteroatoms. The molecule has 7 nitrogen and oxygen atoms in total. The Morgan fingerprint density at radius 3 is 2.25 bits per heavy atom. The number of aliphatic carboxylic acids is 2. The lowest BCUT2D eigenvalue weighted by molar-refractivity contribution is -0.142. The number of hydrogen-bond acceptors (Lipinski definition) is 4. The van der Waals surface area contributed by atoms with Gasteiger partial charge in [-0.15, -0.1) is 0 Å². The van der Waals surface area contributed by atoms with Crippen molar-refractivity contribution in [3.05, 3.63) is 52.0 Å². The summed E-state index contributed by atoms with van der Waals surface area (Å²) in [4.78, 5) is 27.3. The summed E-state index contributed by atoms with van der Waals surface area (Å²) in [5.41, 5.74) is 1.50. The van der Waals surface area contributed by atoms with Crippen LogP contribution in [-0.2, 0) is 22.6 Å². The maximum Gasteiger partial charge on any atom is 0.321 e. The Hall–Kier alpha value is -2.09. The molecule has 2 rings (SSSR count). The van der Waals surface area contributed by atoms with Gasteiger partial charge in [-0.25, -0.2) is 4.98 Å². The van der Waals surface area contributed by atoms with E-state index >= 15 is 0 Å². The molecule has 0 saturated heterocycles. The highest BCUT2D eigenvalue weighted by Crippen LogP contribution is 2.20. The van der Waals surface area contributed by atoms with E-state index < -0.39 is 24.0 Å². The van der Waals surface area contributed by atoms with E-state index in [4.69, 9.17) is 23.2 Å². The standard InChI is InChI=1S/C19H23Cl2N3O4/c1-11(2)3-16(18(25)26)23-17(19(27)28)7-15-8-22-10-24(15)9-12-4-13(20)6-14(21)5-12/h4-6,8,10-11,16-17,23H,3,7,9H2,1-2H3,(H,25,26)(H,27,28)/t16-,17+/m0/s1. The number of hydrogen-bond donors (Lipinski definition) is 3. The molecule has 0 aliphatic heterocycles. The second kappa shape index (κ2) is 9.91. The summed E-state index contributed by atoms with van der Waals surface area (Å²) in [6, 6.07) is 3.18. The Bertz CT molecular complexity index is 818. The van der Waals surface area contributed by atoms with Crippen LogP contribution in [0.5, 0.6) is 0 Å². The molecule has 2 atom stereocenters. The van der Waals surface area contributed by atoms with Crippen molar-refractivity contribution in [2.45, 2.75) is 45.3 Å². The average molecular weight is 428 g/mol. The van der Waals surface area contributed by atoms with Crippen molar-refractivity contribution < 1.29 is 19.8 Å². The van der Waals surface area contributed by atoms with E-state index in [-0.39, 0.29) is 12.3 Å². The van der Waals surface area contributed by atoms with Gasteiger partial charge in [-0.1, -0.05) is 37.0 Å². The number of halogens is 2. The number of nitrogens with zero attached hydrogens (tertiary/aromatic N) is 2. The predicted molar refractivity (Wildman–Crippen MR) is 107 cm³/mol. The van der Waals surface area contributed by atoms with Crippen LogP contribution in [-0.4, -0.2) is 43.8 Å². The Labute approximate surface area is 173 Å². The smallest absolute Gasteiger partial charge is 0.321 e. The van der Waals surface area contributed by atoms with Gasteiger partial charge in [0.1, 0.15) is 12.1 Å². The molecule has 0 fully saturated rings. The van der Waals surface area contributed by atoms with Crippen molar-refractivity contribution in [3.8, 4) is 0 Å². The summed E-state index contributed by atoms with van der Waals surface area (Å²) in [6.45, 7) is 4.19. The Balaban J connectivity index is 2.17. The number of carboxylic acid groups (broad SMARTS) is 2. The molecule has 0 aliphatic carbocycles. The SMILES string of the molecule is CC(C)C[C@H](N[C@H](Cc1cncn1Cc1cc(Cl)cc(Cl)c1)C(=O)O)C(=O)O. The molecule has 1 heterocycles. The zero-order valence-electron chi connectivity index (χ0n) is 15.6. The van der Waals surface area contributed by atoms with Gasteiger partial charge in [0.25, 0.3) is 0 Å². The van der Waals surface area contributed by atoms with Crippen LogP contribution in [0, 0.1) is 5.92 Å². The fourth-order valence-electron chi connectivity index (χ4n) is 2.94. The summed E-state index contributed by atoms with van der Waals surface area (Å²) in [5.74, 6) is -2.07. The van der Waals surface area contributed by atoms with Gasteiger partial charge >= 0.3 is 11.9 Å². The van der Waals surface area contributed by atoms with Crippen molar-refractivity contribution in [2.24, 2.45) is 5.92 Å². The Morgan fingerprint density at radius 2 is 1.71 bits per heavy atom. The van der Waals surface area contributed by atoms with E-state index in [1.807, 2.05) is 13.8 Å². The average Bonchev–Trinajstić information content (AvgIpc) is 2.98. The van der Waals surface area contributed by atoms with Crippen LogP contribution in [0.2, 0.25) is 10.0 Å². The van der Waals surface area contributed by atoms with Gasteiger partial charge in [0.05, 0.1) is 6.33 Å². The normalized spacial score (nSPS) is 13.5. The number of rotatable bonds is 10. The van der Waals surface area contributed by atoms with E-state index in [1.54, 1.807) is 35.3 Å². The molecule has 0 unspecified atom stereocenters. The Morgan fingerprint density at radius 1 is 1.11 bits per heavy atom. The van der Waals surface area contributed by atoms with Gasteiger partial charge < -0.3 is 14.8 Å². The lowest BCUT2D eigenvalue weighted by Gasteiger charge is -2.22. The topological polar surface area (TPSA) is 104 Å². The highest BCUT2D eigenvalue weighted by atomic mass is 35.5. The van der Waals surface area contributed by atoms with Crippen LogP contribution in [0.1, 0.15) is 31.5 Å². The van der Waals surface area contributed by atoms with Crippen molar-refractivity contribution in [3.63, 3.8) is 0 Å². The van der Waals surface area contributed by atoms with Gasteiger partial charge in [-0.05, 0) is 36.1 Å². The molecule has 2 aromatic rings. The number of carboxylic acids is 2. The second-order valence-electron chi connectivity index (χ2n) is 7.07. The molecule has 3 N–H and O–H groups in total. The molecular weight excluding hydrogens is 405 g/mol. The molecule has 0 spiro atoms. The summed E-state index contributed by atoms with van der Waals surface area (Å²) in [7, 11) is 0. The number of nitrogens with one attached hydrogen (secondary N) is 1. The second-order valence-corrected chi connectivity index (χ2v) is 7.95. The van der Waals surface area contributed by atoms with Crippen LogP contribution in [0.25, 0.3) is 0 Å². The number of carbonyl (C=O) groups is 2. The molecule has 0 bridgehead atoms. The number of aromatic nitrogens is 2. The van der Waals surface area contributed by atoms with Crippen molar-refractivity contribution >= 4 is 35.1 Å². The van der Waals surface area contributed by atoms with E-state index in [0.717, 1.165) is 5.56 Å². The highest BCUT2D eigenvalue weighted by molar-refractivity contribution is 6.34. The lowest BCUT2D eigenvalue weighted by Crippen LogP contribution is -2.49. The minimum absolute atomic E-state index is 0.0888. The Kier molecular flexibility index (Phi) is 7.86. The van der Waals surface area contributed by atoms with Crippen molar-refractivity contribution in [2.75, 3.05) is 0 Å². The largest absolute Gasteiger partial charge is 0.480 e. The zero-order chi connectivity index (χ0) is 20.8. The van der Waals surface area contributed by atoms with Crippen LogP contribution in [0.3, 0.4) is 0 Å². The first kappa shape index (κ1) is 22.2. The third-order valence-electron chi connectivity index (χ3n) is 4.19. The molecular formula is C19H23Cl2N3O4. The third-order valence-corrected chi connectivity index (χ3v) is 4.63. The molecule has 0 aliphatic rings. The summed E-state index contributed by atoms with van der Waals surface area (Å²) in [5, 5.41) is 22.7. The minimum Gasteiger partial charge on any atom is -0.480 e. The molecule has 1 aromatic carbocycles. The van der Waals surface area contributed by atoms with Gasteiger partial charge in [0.2, 0.25) is 0 Å². The lowest BCUT2D eigenvalue weighted by atomic mass is 10.0. The highest BCUT2D eigenvalue weighted by Gasteiger charge is 2.27. The van der Waals surface area contributed by atoms with E-state index in [0.29, 0.717) is 28.7 Å². The van der Waals surface area contributed by atoms with Crippen LogP contribution >= 0.6 is 23.2 Å². The van der Waals surface area contributed by atoms with Crippen molar-refractivity contribution in [1.82, 2.24) is 14.9 Å². The van der Waals surface area contributed by atoms with E-state index in [9.17, 15) is 19.8 Å². The van der Waals surface area contributed by atoms with Crippen LogP contribution in [0.4, 0.5) is 0 Å². The van der Waals surface area contributed by atoms with Gasteiger partial charge in [0, 0.05) is 34.9 Å². The predicted octanol–water partition coefficient (Wildman–Crippen LogP) is 3.32. The molecule has 28 heavy (non-hydrogen) atoms. The van der Waals surface area contributed by atoms with Gasteiger partial charge in [-0.2, -0.15) is 0 Å². The molecule has 0 saturated carbocycles. The fraction of sp³-hybridized carbons (Fsp3) is 0.421. The zero-order valence-corrected chi connectivity index (χ0v) is 17.1. The molecule has 1 aromatic heterocycles. The first-order valence-electron chi connectivity index (χ1n) is 8.81. The molecule has 0 amide bonds. The maximum absolute atomic E-state index is 11.7. The first-order chi connectivity index (χ1) is 13.2. The summed E-state index contributed by atoms with van der Waals surface area (Å²) < 4.78 is 1.79. The van der Waals surface area contributed by atoms with Gasteiger partial charge in [-0.3, -0.25) is 14.9 Å². The number of benzene rings is 1. The summed E-state index contributed by atoms with van der Waals surface area (Å²) in [6.07, 6.45) is 3.58. The molecule has 152 valence electrons. The maximum atomic E-state index is 11.7. The van der Waals surface area contributed by atoms with E-state index in [1.165, 1.54) is 0 Å². The van der Waals surface area contributed by atoms with Crippen LogP contribution in [0.15, 0.2) is 30.7 Å². The minimum atomic E-state index is -1.12. The quantitative estimate of drug-likeness (QED) is 0.536. The van der Waals surface area contributed by atoms with Crippen LogP contribution < -0.4 is 5.32 Å². The van der Waals surface area contributed by atoms with Crippen molar-refractivity contribution in [1.29, 1.82) is 0 Å². The number of imidazole rings is 1.